The molecule has 0 atom stereocenters. The topological polar surface area (TPSA) is 63.1 Å². The van der Waals surface area contributed by atoms with Crippen molar-refractivity contribution in [2.24, 2.45) is 0 Å². The second kappa shape index (κ2) is 9.12. The van der Waals surface area contributed by atoms with Crippen molar-refractivity contribution in [3.8, 4) is 11.4 Å². The van der Waals surface area contributed by atoms with E-state index < -0.39 is 0 Å². The van der Waals surface area contributed by atoms with Crippen LogP contribution in [0.1, 0.15) is 6.92 Å². The molecule has 0 aliphatic carbocycles. The molecule has 3 aromatic rings. The smallest absolute Gasteiger partial charge is 0.234 e. The maximum absolute atomic E-state index is 12.3. The number of carbonyl (C=O) groups excluding carboxylic acids is 1. The highest BCUT2D eigenvalue weighted by Gasteiger charge is 2.16. The van der Waals surface area contributed by atoms with Gasteiger partial charge in [-0.25, -0.2) is 0 Å². The summed E-state index contributed by atoms with van der Waals surface area (Å²) in [4.78, 5) is 14.3. The molecule has 0 bridgehead atoms. The van der Waals surface area contributed by atoms with Crippen molar-refractivity contribution in [3.63, 3.8) is 0 Å². The Bertz CT molecular complexity index is 955. The van der Waals surface area contributed by atoms with Crippen LogP contribution in [-0.4, -0.2) is 40.5 Å². The van der Waals surface area contributed by atoms with Gasteiger partial charge in [-0.3, -0.25) is 4.79 Å². The maximum Gasteiger partial charge on any atom is 0.234 e. The maximum atomic E-state index is 12.3. The third kappa shape index (κ3) is 4.66. The zero-order valence-corrected chi connectivity index (χ0v) is 17.6. The molecular weight excluding hydrogens is 394 g/mol. The van der Waals surface area contributed by atoms with Crippen LogP contribution in [0.2, 0.25) is 5.02 Å². The van der Waals surface area contributed by atoms with E-state index in [4.69, 9.17) is 11.6 Å². The number of rotatable bonds is 7. The molecule has 1 amide bonds. The van der Waals surface area contributed by atoms with Crippen LogP contribution in [-0.2, 0) is 11.3 Å². The number of hydrogen-bond donors (Lipinski definition) is 1. The Morgan fingerprint density at radius 2 is 1.86 bits per heavy atom. The quantitative estimate of drug-likeness (QED) is 0.579. The fraction of sp³-hybridized carbons (Fsp3) is 0.250. The number of aromatic nitrogens is 3. The first kappa shape index (κ1) is 20.2. The van der Waals surface area contributed by atoms with Crippen molar-refractivity contribution in [1.82, 2.24) is 14.8 Å². The van der Waals surface area contributed by atoms with Crippen molar-refractivity contribution in [3.05, 3.63) is 53.6 Å². The van der Waals surface area contributed by atoms with Gasteiger partial charge in [0.15, 0.2) is 11.0 Å². The first-order valence-electron chi connectivity index (χ1n) is 8.87. The average Bonchev–Trinajstić information content (AvgIpc) is 3.10. The molecule has 146 valence electrons. The predicted octanol–water partition coefficient (Wildman–Crippen LogP) is 4.42. The number of anilines is 2. The summed E-state index contributed by atoms with van der Waals surface area (Å²) >= 11 is 7.64. The molecule has 3 rings (SSSR count). The van der Waals surface area contributed by atoms with Gasteiger partial charge in [0, 0.05) is 37.6 Å². The highest BCUT2D eigenvalue weighted by Crippen LogP contribution is 2.29. The van der Waals surface area contributed by atoms with Crippen LogP contribution in [0.4, 0.5) is 11.4 Å². The summed E-state index contributed by atoms with van der Waals surface area (Å²) in [5.41, 5.74) is 2.68. The summed E-state index contributed by atoms with van der Waals surface area (Å²) in [7, 11) is 3.95. The Morgan fingerprint density at radius 3 is 2.50 bits per heavy atom. The Labute approximate surface area is 173 Å². The second-order valence-electron chi connectivity index (χ2n) is 6.31. The Balaban J connectivity index is 1.66. The fourth-order valence-electron chi connectivity index (χ4n) is 2.69. The normalized spacial score (nSPS) is 10.7. The molecule has 0 spiro atoms. The minimum Gasteiger partial charge on any atom is -0.378 e. The van der Waals surface area contributed by atoms with Gasteiger partial charge in [-0.2, -0.15) is 0 Å². The van der Waals surface area contributed by atoms with Crippen molar-refractivity contribution in [2.75, 3.05) is 30.1 Å². The molecule has 0 aliphatic heterocycles. The Hall–Kier alpha value is -2.51. The molecule has 28 heavy (non-hydrogen) atoms. The number of carbonyl (C=O) groups is 1. The van der Waals surface area contributed by atoms with E-state index in [1.807, 2.05) is 79.0 Å². The summed E-state index contributed by atoms with van der Waals surface area (Å²) in [6.45, 7) is 2.70. The van der Waals surface area contributed by atoms with E-state index in [0.29, 0.717) is 22.5 Å². The lowest BCUT2D eigenvalue weighted by Gasteiger charge is -2.13. The van der Waals surface area contributed by atoms with E-state index in [-0.39, 0.29) is 11.7 Å². The summed E-state index contributed by atoms with van der Waals surface area (Å²) in [6.07, 6.45) is 0. The number of hydrogen-bond acceptors (Lipinski definition) is 5. The summed E-state index contributed by atoms with van der Waals surface area (Å²) < 4.78 is 1.96. The minimum atomic E-state index is -0.0902. The van der Waals surface area contributed by atoms with Crippen molar-refractivity contribution in [1.29, 1.82) is 0 Å². The number of amides is 1. The molecule has 8 heteroatoms. The molecule has 1 N–H and O–H groups in total. The molecule has 0 fully saturated rings. The Kier molecular flexibility index (Phi) is 6.59. The average molecular weight is 416 g/mol. The summed E-state index contributed by atoms with van der Waals surface area (Å²) in [5.74, 6) is 0.860. The van der Waals surface area contributed by atoms with Crippen LogP contribution in [0.15, 0.2) is 53.7 Å². The van der Waals surface area contributed by atoms with Crippen LogP contribution in [0, 0.1) is 0 Å². The highest BCUT2D eigenvalue weighted by atomic mass is 35.5. The van der Waals surface area contributed by atoms with E-state index >= 15 is 0 Å². The SMILES string of the molecule is CCn1c(SCC(=O)Nc2ccc(N(C)C)cc2)nnc1-c1ccccc1Cl. The van der Waals surface area contributed by atoms with Gasteiger partial charge in [-0.1, -0.05) is 35.5 Å². The van der Waals surface area contributed by atoms with Gasteiger partial charge >= 0.3 is 0 Å². The number of benzene rings is 2. The van der Waals surface area contributed by atoms with Gasteiger partial charge in [0.25, 0.3) is 0 Å². The highest BCUT2D eigenvalue weighted by molar-refractivity contribution is 7.99. The largest absolute Gasteiger partial charge is 0.378 e. The van der Waals surface area contributed by atoms with Gasteiger partial charge < -0.3 is 14.8 Å². The van der Waals surface area contributed by atoms with Crippen LogP contribution in [0.5, 0.6) is 0 Å². The molecule has 2 aromatic carbocycles. The van der Waals surface area contributed by atoms with E-state index in [2.05, 4.69) is 15.5 Å². The molecule has 0 radical (unpaired) electrons. The summed E-state index contributed by atoms with van der Waals surface area (Å²) in [5, 5.41) is 12.7. The zero-order chi connectivity index (χ0) is 20.1. The lowest BCUT2D eigenvalue weighted by Crippen LogP contribution is -2.15. The van der Waals surface area contributed by atoms with Crippen molar-refractivity contribution in [2.45, 2.75) is 18.6 Å². The predicted molar refractivity (Wildman–Crippen MR) is 116 cm³/mol. The lowest BCUT2D eigenvalue weighted by molar-refractivity contribution is -0.113. The van der Waals surface area contributed by atoms with E-state index in [0.717, 1.165) is 16.9 Å². The van der Waals surface area contributed by atoms with Gasteiger partial charge in [0.2, 0.25) is 5.91 Å². The molecule has 6 nitrogen and oxygen atoms in total. The first-order chi connectivity index (χ1) is 13.5. The Morgan fingerprint density at radius 1 is 1.14 bits per heavy atom. The van der Waals surface area contributed by atoms with Gasteiger partial charge in [0.05, 0.1) is 10.8 Å². The third-order valence-corrected chi connectivity index (χ3v) is 5.44. The summed E-state index contributed by atoms with van der Waals surface area (Å²) in [6, 6.07) is 15.2. The zero-order valence-electron chi connectivity index (χ0n) is 16.0. The molecular formula is C20H22ClN5OS. The number of halogens is 1. The van der Waals surface area contributed by atoms with Crippen LogP contribution >= 0.6 is 23.4 Å². The number of thioether (sulfide) groups is 1. The van der Waals surface area contributed by atoms with Gasteiger partial charge in [0.1, 0.15) is 0 Å². The van der Waals surface area contributed by atoms with Gasteiger partial charge in [-0.15, -0.1) is 10.2 Å². The number of nitrogens with zero attached hydrogens (tertiary/aromatic N) is 4. The standard InChI is InChI=1S/C20H22ClN5OS/c1-4-26-19(16-7-5-6-8-17(16)21)23-24-20(26)28-13-18(27)22-14-9-11-15(12-10-14)25(2)3/h5-12H,4,13H2,1-3H3,(H,22,27). The first-order valence-corrected chi connectivity index (χ1v) is 10.2. The van der Waals surface area contributed by atoms with E-state index in [1.165, 1.54) is 11.8 Å². The van der Waals surface area contributed by atoms with Crippen LogP contribution in [0.3, 0.4) is 0 Å². The molecule has 0 saturated heterocycles. The van der Waals surface area contributed by atoms with E-state index in [9.17, 15) is 4.79 Å². The molecule has 0 unspecified atom stereocenters. The van der Waals surface area contributed by atoms with Gasteiger partial charge in [-0.05, 0) is 43.3 Å². The lowest BCUT2D eigenvalue weighted by atomic mass is 10.2. The van der Waals surface area contributed by atoms with Crippen molar-refractivity contribution >= 4 is 40.6 Å². The van der Waals surface area contributed by atoms with Crippen LogP contribution in [0.25, 0.3) is 11.4 Å². The fourth-order valence-corrected chi connectivity index (χ4v) is 3.71. The molecule has 0 saturated carbocycles. The van der Waals surface area contributed by atoms with Crippen molar-refractivity contribution < 1.29 is 4.79 Å². The monoisotopic (exact) mass is 415 g/mol. The van der Waals surface area contributed by atoms with Crippen LogP contribution < -0.4 is 10.2 Å². The minimum absolute atomic E-state index is 0.0902. The van der Waals surface area contributed by atoms with E-state index in [1.54, 1.807) is 0 Å². The molecule has 0 aliphatic rings. The molecule has 1 aromatic heterocycles. The molecule has 1 heterocycles. The second-order valence-corrected chi connectivity index (χ2v) is 7.66. The third-order valence-electron chi connectivity index (χ3n) is 4.15. The number of nitrogens with one attached hydrogen (secondary N) is 1.